The van der Waals surface area contributed by atoms with Gasteiger partial charge in [-0.3, -0.25) is 14.2 Å². The topological polar surface area (TPSA) is 101 Å². The molecule has 7 nitrogen and oxygen atoms in total. The van der Waals surface area contributed by atoms with E-state index in [4.69, 9.17) is 16.7 Å². The average molecular weight is 495 g/mol. The third kappa shape index (κ3) is 5.20. The first kappa shape index (κ1) is 21.0. The molecule has 29 heavy (non-hydrogen) atoms. The van der Waals surface area contributed by atoms with Crippen LogP contribution in [0.3, 0.4) is 0 Å². The van der Waals surface area contributed by atoms with E-state index in [0.717, 1.165) is 15.8 Å². The van der Waals surface area contributed by atoms with Gasteiger partial charge < -0.3 is 5.11 Å². The molecule has 1 aromatic heterocycles. The van der Waals surface area contributed by atoms with Gasteiger partial charge >= 0.3 is 10.8 Å². The first-order valence-corrected chi connectivity index (χ1v) is 10.1. The molecule has 0 unspecified atom stereocenters. The van der Waals surface area contributed by atoms with Crippen LogP contribution in [0, 0.1) is 0 Å². The van der Waals surface area contributed by atoms with Gasteiger partial charge in [0.15, 0.2) is 0 Å². The predicted molar refractivity (Wildman–Crippen MR) is 115 cm³/mol. The maximum absolute atomic E-state index is 12.3. The van der Waals surface area contributed by atoms with Crippen LogP contribution in [0.1, 0.15) is 31.2 Å². The largest absolute Gasteiger partial charge is 0.478 e. The molecule has 0 spiro atoms. The lowest BCUT2D eigenvalue weighted by Gasteiger charge is -2.05. The van der Waals surface area contributed by atoms with Crippen molar-refractivity contribution in [2.75, 3.05) is 0 Å². The van der Waals surface area contributed by atoms with Gasteiger partial charge in [-0.15, -0.1) is 0 Å². The molecule has 0 aliphatic carbocycles. The van der Waals surface area contributed by atoms with E-state index in [1.165, 1.54) is 22.9 Å². The molecule has 3 rings (SSSR count). The van der Waals surface area contributed by atoms with Crippen molar-refractivity contribution >= 4 is 57.0 Å². The van der Waals surface area contributed by atoms with Gasteiger partial charge in [-0.1, -0.05) is 57.1 Å². The summed E-state index contributed by atoms with van der Waals surface area (Å²) in [5.74, 6) is -1.46. The number of aromatic carboxylic acids is 1. The zero-order valence-corrected chi connectivity index (χ0v) is 17.8. The third-order valence-electron chi connectivity index (χ3n) is 3.81. The van der Waals surface area contributed by atoms with Gasteiger partial charge in [0.05, 0.1) is 23.2 Å². The number of thiazole rings is 1. The number of nitrogens with one attached hydrogen (secondary N) is 1. The number of hydrazone groups is 1. The molecule has 2 aromatic carbocycles. The molecular formula is C19H13BrClN3O4S. The van der Waals surface area contributed by atoms with E-state index in [2.05, 4.69) is 26.5 Å². The summed E-state index contributed by atoms with van der Waals surface area (Å²) >= 11 is 10.4. The molecule has 0 aliphatic heterocycles. The molecule has 0 bridgehead atoms. The summed E-state index contributed by atoms with van der Waals surface area (Å²) in [5.41, 5.74) is 3.55. The van der Waals surface area contributed by atoms with Crippen LogP contribution in [0.15, 0.2) is 62.9 Å². The number of carbonyl (C=O) groups is 2. The number of benzene rings is 2. The fourth-order valence-corrected chi connectivity index (χ4v) is 3.95. The van der Waals surface area contributed by atoms with Gasteiger partial charge in [0.2, 0.25) is 0 Å². The van der Waals surface area contributed by atoms with Gasteiger partial charge in [-0.25, -0.2) is 10.2 Å². The number of halogens is 2. The highest BCUT2D eigenvalue weighted by atomic mass is 79.9. The minimum absolute atomic E-state index is 0.119. The Morgan fingerprint density at radius 2 is 1.93 bits per heavy atom. The molecule has 0 radical (unpaired) electrons. The average Bonchev–Trinajstić information content (AvgIpc) is 2.95. The number of rotatable bonds is 6. The standard InChI is InChI=1S/C19H13BrClN3O4S/c20-14-6-2-4-12(8-14)17(25)23-22-9-15-16(21)24(19(28)29-15)10-11-3-1-5-13(7-11)18(26)27/h1-9H,10H2,(H,23,25)(H,26,27). The summed E-state index contributed by atoms with van der Waals surface area (Å²) in [6.45, 7) is 0.119. The second-order valence-corrected chi connectivity index (χ2v) is 8.09. The Bertz CT molecular complexity index is 1170. The van der Waals surface area contributed by atoms with Crippen LogP contribution in [-0.2, 0) is 6.54 Å². The number of carboxylic acids is 1. The van der Waals surface area contributed by atoms with Gasteiger partial charge in [-0.05, 0) is 35.9 Å². The predicted octanol–water partition coefficient (Wildman–Crippen LogP) is 3.84. The molecule has 148 valence electrons. The van der Waals surface area contributed by atoms with Crippen molar-refractivity contribution in [1.29, 1.82) is 0 Å². The van der Waals surface area contributed by atoms with E-state index >= 15 is 0 Å². The smallest absolute Gasteiger partial charge is 0.335 e. The summed E-state index contributed by atoms with van der Waals surface area (Å²) in [6, 6.07) is 13.1. The van der Waals surface area contributed by atoms with Crippen molar-refractivity contribution in [1.82, 2.24) is 9.99 Å². The highest BCUT2D eigenvalue weighted by Gasteiger charge is 2.13. The van der Waals surface area contributed by atoms with E-state index in [0.29, 0.717) is 16.0 Å². The fourth-order valence-electron chi connectivity index (χ4n) is 2.45. The molecular weight excluding hydrogens is 482 g/mol. The van der Waals surface area contributed by atoms with Crippen molar-refractivity contribution in [3.05, 3.63) is 89.4 Å². The molecule has 0 saturated heterocycles. The molecule has 0 fully saturated rings. The number of hydrogen-bond donors (Lipinski definition) is 2. The fraction of sp³-hybridized carbons (Fsp3) is 0.0526. The SMILES string of the molecule is O=C(O)c1cccc(Cn2c(Cl)c(C=NNC(=O)c3cccc(Br)c3)sc2=O)c1. The zero-order chi connectivity index (χ0) is 21.0. The molecule has 0 aliphatic rings. The first-order valence-electron chi connectivity index (χ1n) is 8.15. The van der Waals surface area contributed by atoms with Gasteiger partial charge in [0.1, 0.15) is 5.15 Å². The number of hydrogen-bond acceptors (Lipinski definition) is 5. The summed E-state index contributed by atoms with van der Waals surface area (Å²) in [4.78, 5) is 35.5. The van der Waals surface area contributed by atoms with Gasteiger partial charge in [0, 0.05) is 10.0 Å². The maximum atomic E-state index is 12.3. The van der Waals surface area contributed by atoms with Crippen LogP contribution >= 0.6 is 38.9 Å². The Kier molecular flexibility index (Phi) is 6.63. The van der Waals surface area contributed by atoms with Gasteiger partial charge in [0.25, 0.3) is 5.91 Å². The normalized spacial score (nSPS) is 11.0. The summed E-state index contributed by atoms with van der Waals surface area (Å²) in [7, 11) is 0. The number of nitrogens with zero attached hydrogens (tertiary/aromatic N) is 2. The van der Waals surface area contributed by atoms with Crippen LogP contribution in [0.5, 0.6) is 0 Å². The highest BCUT2D eigenvalue weighted by Crippen LogP contribution is 2.19. The van der Waals surface area contributed by atoms with E-state index < -0.39 is 11.9 Å². The monoisotopic (exact) mass is 493 g/mol. The third-order valence-corrected chi connectivity index (χ3v) is 5.73. The van der Waals surface area contributed by atoms with E-state index in [1.54, 1.807) is 36.4 Å². The number of aromatic nitrogens is 1. The lowest BCUT2D eigenvalue weighted by Crippen LogP contribution is -2.17. The Morgan fingerprint density at radius 1 is 1.21 bits per heavy atom. The lowest BCUT2D eigenvalue weighted by atomic mass is 10.1. The Labute approximate surface area is 182 Å². The van der Waals surface area contributed by atoms with Crippen LogP contribution in [0.2, 0.25) is 5.15 Å². The van der Waals surface area contributed by atoms with Crippen LogP contribution in [0.25, 0.3) is 0 Å². The summed E-state index contributed by atoms with van der Waals surface area (Å²) < 4.78 is 2.07. The van der Waals surface area contributed by atoms with Crippen LogP contribution < -0.4 is 10.3 Å². The minimum Gasteiger partial charge on any atom is -0.478 e. The molecule has 0 atom stereocenters. The van der Waals surface area contributed by atoms with Crippen molar-refractivity contribution in [2.24, 2.45) is 5.10 Å². The highest BCUT2D eigenvalue weighted by molar-refractivity contribution is 9.10. The van der Waals surface area contributed by atoms with Crippen molar-refractivity contribution < 1.29 is 14.7 Å². The molecule has 3 aromatic rings. The maximum Gasteiger partial charge on any atom is 0.335 e. The number of carboxylic acid groups (broad SMARTS) is 1. The lowest BCUT2D eigenvalue weighted by molar-refractivity contribution is 0.0696. The van der Waals surface area contributed by atoms with Crippen LogP contribution in [0.4, 0.5) is 0 Å². The van der Waals surface area contributed by atoms with Crippen LogP contribution in [-0.4, -0.2) is 27.8 Å². The second-order valence-electron chi connectivity index (χ2n) is 5.82. The molecule has 1 amide bonds. The minimum atomic E-state index is -1.05. The Balaban J connectivity index is 1.74. The number of carbonyl (C=O) groups excluding carboxylic acids is 1. The van der Waals surface area contributed by atoms with Crippen molar-refractivity contribution in [3.63, 3.8) is 0 Å². The zero-order valence-electron chi connectivity index (χ0n) is 14.6. The second kappa shape index (κ2) is 9.17. The van der Waals surface area contributed by atoms with Crippen molar-refractivity contribution in [2.45, 2.75) is 6.54 Å². The van der Waals surface area contributed by atoms with Gasteiger partial charge in [-0.2, -0.15) is 5.10 Å². The molecule has 0 saturated carbocycles. The van der Waals surface area contributed by atoms with E-state index in [1.807, 2.05) is 0 Å². The van der Waals surface area contributed by atoms with Crippen molar-refractivity contribution in [3.8, 4) is 0 Å². The molecule has 10 heteroatoms. The molecule has 2 N–H and O–H groups in total. The Hall–Kier alpha value is -2.75. The summed E-state index contributed by atoms with van der Waals surface area (Å²) in [5, 5.41) is 13.1. The first-order chi connectivity index (χ1) is 13.8. The Morgan fingerprint density at radius 3 is 2.66 bits per heavy atom. The van der Waals surface area contributed by atoms with E-state index in [9.17, 15) is 14.4 Å². The molecule has 1 heterocycles. The summed E-state index contributed by atoms with van der Waals surface area (Å²) in [6.07, 6.45) is 1.30. The quantitative estimate of drug-likeness (QED) is 0.402. The number of amides is 1. The van der Waals surface area contributed by atoms with E-state index in [-0.39, 0.29) is 22.1 Å².